The maximum absolute atomic E-state index is 14.1. The Hall–Kier alpha value is -4.99. The van der Waals surface area contributed by atoms with Gasteiger partial charge in [0.1, 0.15) is 11.5 Å². The number of ether oxygens (including phenoxy) is 2. The molecule has 0 spiro atoms. The molecule has 52 heavy (non-hydrogen) atoms. The molecule has 4 aromatic carbocycles. The predicted octanol–water partition coefficient (Wildman–Crippen LogP) is 8.09. The molecule has 1 aliphatic rings. The van der Waals surface area contributed by atoms with Crippen LogP contribution in [0.3, 0.4) is 0 Å². The number of para-hydroxylation sites is 3. The molecule has 1 aliphatic heterocycles. The lowest BCUT2D eigenvalue weighted by Gasteiger charge is -2.36. The minimum Gasteiger partial charge on any atom is -0.495 e. The van der Waals surface area contributed by atoms with Crippen LogP contribution in [-0.4, -0.2) is 79.8 Å². The summed E-state index contributed by atoms with van der Waals surface area (Å²) in [5, 5.41) is 10.0. The van der Waals surface area contributed by atoms with Crippen molar-refractivity contribution in [2.75, 3.05) is 63.3 Å². The second-order valence-corrected chi connectivity index (χ2v) is 13.0. The molecule has 2 heterocycles. The Morgan fingerprint density at radius 1 is 0.846 bits per heavy atom. The van der Waals surface area contributed by atoms with E-state index in [-0.39, 0.29) is 24.6 Å². The SMILES string of the molecule is CCc1ccc(N(C)c2ccc(C(=O)c3cn(CCCC(=O)O)c4ccccc34)cc2OCCCN2CCN(c3ccccc3OC)CC2)cc1.Cl. The van der Waals surface area contributed by atoms with Gasteiger partial charge >= 0.3 is 5.97 Å². The summed E-state index contributed by atoms with van der Waals surface area (Å²) in [6.45, 7) is 7.91. The summed E-state index contributed by atoms with van der Waals surface area (Å²) in [5.41, 5.74) is 6.39. The van der Waals surface area contributed by atoms with Gasteiger partial charge in [0.05, 0.1) is 25.1 Å². The fourth-order valence-corrected chi connectivity index (χ4v) is 6.88. The average Bonchev–Trinajstić information content (AvgIpc) is 3.54. The number of benzene rings is 4. The topological polar surface area (TPSA) is 87.5 Å². The van der Waals surface area contributed by atoms with E-state index < -0.39 is 5.97 Å². The number of nitrogens with zero attached hydrogens (tertiary/aromatic N) is 4. The van der Waals surface area contributed by atoms with Crippen LogP contribution in [0.15, 0.2) is 97.2 Å². The molecule has 1 aromatic heterocycles. The van der Waals surface area contributed by atoms with E-state index in [0.29, 0.717) is 36.4 Å². The van der Waals surface area contributed by atoms with Crippen molar-refractivity contribution in [1.82, 2.24) is 9.47 Å². The molecule has 0 atom stereocenters. The Bertz CT molecular complexity index is 1950. The molecule has 10 heteroatoms. The van der Waals surface area contributed by atoms with Gasteiger partial charge in [-0.15, -0.1) is 12.4 Å². The molecule has 6 rings (SSSR count). The van der Waals surface area contributed by atoms with E-state index in [1.807, 2.05) is 72.4 Å². The smallest absolute Gasteiger partial charge is 0.303 e. The van der Waals surface area contributed by atoms with Gasteiger partial charge < -0.3 is 28.9 Å². The molecule has 0 saturated carbocycles. The Balaban J connectivity index is 0.00000523. The van der Waals surface area contributed by atoms with E-state index in [9.17, 15) is 9.59 Å². The largest absolute Gasteiger partial charge is 0.495 e. The highest BCUT2D eigenvalue weighted by atomic mass is 35.5. The van der Waals surface area contributed by atoms with Gasteiger partial charge in [0, 0.05) is 86.7 Å². The molecule has 0 bridgehead atoms. The molecular formula is C42H49ClN4O5. The summed E-state index contributed by atoms with van der Waals surface area (Å²) in [7, 11) is 3.74. The van der Waals surface area contributed by atoms with E-state index in [1.165, 1.54) is 5.56 Å². The van der Waals surface area contributed by atoms with Crippen molar-refractivity contribution in [2.45, 2.75) is 39.2 Å². The van der Waals surface area contributed by atoms with Crippen LogP contribution in [0.1, 0.15) is 47.7 Å². The summed E-state index contributed by atoms with van der Waals surface area (Å²) in [4.78, 5) is 32.3. The molecule has 1 saturated heterocycles. The van der Waals surface area contributed by atoms with E-state index >= 15 is 0 Å². The van der Waals surface area contributed by atoms with Gasteiger partial charge in [0.2, 0.25) is 0 Å². The van der Waals surface area contributed by atoms with Crippen LogP contribution in [0, 0.1) is 0 Å². The third-order valence-electron chi connectivity index (χ3n) is 9.81. The number of hydrogen-bond donors (Lipinski definition) is 1. The maximum Gasteiger partial charge on any atom is 0.303 e. The highest BCUT2D eigenvalue weighted by Gasteiger charge is 2.22. The minimum atomic E-state index is -0.826. The van der Waals surface area contributed by atoms with Crippen molar-refractivity contribution in [2.24, 2.45) is 0 Å². The lowest BCUT2D eigenvalue weighted by molar-refractivity contribution is -0.137. The maximum atomic E-state index is 14.1. The molecule has 9 nitrogen and oxygen atoms in total. The highest BCUT2D eigenvalue weighted by molar-refractivity contribution is 6.16. The molecule has 0 unspecified atom stereocenters. The van der Waals surface area contributed by atoms with Crippen LogP contribution in [0.2, 0.25) is 0 Å². The zero-order valence-electron chi connectivity index (χ0n) is 30.3. The van der Waals surface area contributed by atoms with Crippen molar-refractivity contribution < 1.29 is 24.2 Å². The van der Waals surface area contributed by atoms with Gasteiger partial charge in [-0.2, -0.15) is 0 Å². The molecule has 0 amide bonds. The molecule has 5 aromatic rings. The second kappa shape index (κ2) is 18.0. The number of aliphatic carboxylic acids is 1. The number of carbonyl (C=O) groups is 2. The minimum absolute atomic E-state index is 0. The fraction of sp³-hybridized carbons (Fsp3) is 0.333. The van der Waals surface area contributed by atoms with Crippen molar-refractivity contribution in [3.8, 4) is 11.5 Å². The number of carboxylic acid groups (broad SMARTS) is 1. The third-order valence-corrected chi connectivity index (χ3v) is 9.81. The number of aromatic nitrogens is 1. The van der Waals surface area contributed by atoms with Gasteiger partial charge in [-0.05, 0) is 73.4 Å². The van der Waals surface area contributed by atoms with E-state index in [4.69, 9.17) is 14.6 Å². The van der Waals surface area contributed by atoms with Crippen LogP contribution in [0.4, 0.5) is 17.1 Å². The lowest BCUT2D eigenvalue weighted by atomic mass is 10.0. The van der Waals surface area contributed by atoms with Crippen LogP contribution >= 0.6 is 12.4 Å². The Labute approximate surface area is 312 Å². The number of fused-ring (bicyclic) bond motifs is 1. The first-order valence-electron chi connectivity index (χ1n) is 17.9. The lowest BCUT2D eigenvalue weighted by Crippen LogP contribution is -2.46. The molecule has 274 valence electrons. The van der Waals surface area contributed by atoms with Gasteiger partial charge in [0.25, 0.3) is 0 Å². The number of methoxy groups -OCH3 is 1. The van der Waals surface area contributed by atoms with Gasteiger partial charge in [-0.3, -0.25) is 14.5 Å². The summed E-state index contributed by atoms with van der Waals surface area (Å²) < 4.78 is 14.1. The summed E-state index contributed by atoms with van der Waals surface area (Å²) in [6, 6.07) is 30.2. The average molecular weight is 725 g/mol. The number of piperazine rings is 1. The van der Waals surface area contributed by atoms with Gasteiger partial charge in [0.15, 0.2) is 5.78 Å². The normalized spacial score (nSPS) is 13.1. The standard InChI is InChI=1S/C42H48N4O5.ClH/c1-4-31-16-19-33(20-17-31)43(2)37-21-18-32(42(49)35-30-46(23-9-15-41(47)48)36-12-6-5-11-34(35)36)29-40(37)51-28-10-22-44-24-26-45(27-25-44)38-13-7-8-14-39(38)50-3;/h5-8,11-14,16-21,29-30H,4,9-10,15,22-28H2,1-3H3,(H,47,48);1H. The zero-order chi connectivity index (χ0) is 35.7. The number of rotatable bonds is 16. The number of aryl methyl sites for hydroxylation is 2. The molecule has 1 fully saturated rings. The zero-order valence-corrected chi connectivity index (χ0v) is 31.1. The number of hydrogen-bond acceptors (Lipinski definition) is 7. The molecule has 0 radical (unpaired) electrons. The van der Waals surface area contributed by atoms with E-state index in [0.717, 1.165) is 79.3 Å². The highest BCUT2D eigenvalue weighted by Crippen LogP contribution is 2.35. The fourth-order valence-electron chi connectivity index (χ4n) is 6.88. The number of ketones is 1. The summed E-state index contributed by atoms with van der Waals surface area (Å²) in [5.74, 6) is 0.647. The van der Waals surface area contributed by atoms with E-state index in [2.05, 4.69) is 58.0 Å². The third kappa shape index (κ3) is 8.89. The van der Waals surface area contributed by atoms with Crippen molar-refractivity contribution in [3.05, 3.63) is 114 Å². The van der Waals surface area contributed by atoms with Crippen LogP contribution < -0.4 is 19.3 Å². The number of anilines is 3. The number of halogens is 1. The Kier molecular flexibility index (Phi) is 13.2. The summed E-state index contributed by atoms with van der Waals surface area (Å²) in [6.07, 6.45) is 4.24. The quantitative estimate of drug-likeness (QED) is 0.0808. The first-order chi connectivity index (χ1) is 24.9. The van der Waals surface area contributed by atoms with Crippen LogP contribution in [0.25, 0.3) is 10.9 Å². The predicted molar refractivity (Wildman–Crippen MR) is 212 cm³/mol. The number of carbonyl (C=O) groups excluding carboxylic acids is 1. The molecule has 1 N–H and O–H groups in total. The van der Waals surface area contributed by atoms with Crippen LogP contribution in [-0.2, 0) is 17.8 Å². The van der Waals surface area contributed by atoms with Crippen molar-refractivity contribution in [1.29, 1.82) is 0 Å². The van der Waals surface area contributed by atoms with Crippen molar-refractivity contribution >= 4 is 52.1 Å². The molecule has 0 aliphatic carbocycles. The first-order valence-corrected chi connectivity index (χ1v) is 17.9. The molecular weight excluding hydrogens is 676 g/mol. The Morgan fingerprint density at radius 2 is 1.58 bits per heavy atom. The second-order valence-electron chi connectivity index (χ2n) is 13.0. The van der Waals surface area contributed by atoms with Gasteiger partial charge in [-0.1, -0.05) is 49.4 Å². The van der Waals surface area contributed by atoms with E-state index in [1.54, 1.807) is 7.11 Å². The summed E-state index contributed by atoms with van der Waals surface area (Å²) >= 11 is 0. The monoisotopic (exact) mass is 724 g/mol. The first kappa shape index (κ1) is 38.2. The van der Waals surface area contributed by atoms with Crippen LogP contribution in [0.5, 0.6) is 11.5 Å². The van der Waals surface area contributed by atoms with Crippen molar-refractivity contribution in [3.63, 3.8) is 0 Å². The van der Waals surface area contributed by atoms with Gasteiger partial charge in [-0.25, -0.2) is 0 Å². The number of carboxylic acids is 1. The Morgan fingerprint density at radius 3 is 2.31 bits per heavy atom.